The molecule has 0 saturated carbocycles. The lowest BCUT2D eigenvalue weighted by atomic mass is 10.3. The number of carbonyl (C=O) groups excluding carboxylic acids is 1. The molecule has 0 bridgehead atoms. The van der Waals surface area contributed by atoms with Gasteiger partial charge in [-0.3, -0.25) is 5.01 Å². The number of hydrazine groups is 1. The zero-order valence-corrected chi connectivity index (χ0v) is 8.90. The predicted octanol–water partition coefficient (Wildman–Crippen LogP) is 0.413. The summed E-state index contributed by atoms with van der Waals surface area (Å²) in [7, 11) is 0. The SMILES string of the molecule is CC(C)OCCN1CCCN(N)C1=O. The van der Waals surface area contributed by atoms with Crippen LogP contribution >= 0.6 is 0 Å². The Kier molecular flexibility index (Phi) is 4.16. The lowest BCUT2D eigenvalue weighted by Gasteiger charge is -2.32. The van der Waals surface area contributed by atoms with Crippen LogP contribution in [0.2, 0.25) is 0 Å². The monoisotopic (exact) mass is 201 g/mol. The van der Waals surface area contributed by atoms with Crippen molar-refractivity contribution in [2.24, 2.45) is 5.84 Å². The van der Waals surface area contributed by atoms with E-state index in [9.17, 15) is 4.79 Å². The van der Waals surface area contributed by atoms with Gasteiger partial charge in [-0.15, -0.1) is 0 Å². The van der Waals surface area contributed by atoms with Gasteiger partial charge in [-0.25, -0.2) is 10.6 Å². The molecule has 1 rings (SSSR count). The molecule has 5 nitrogen and oxygen atoms in total. The van der Waals surface area contributed by atoms with E-state index in [-0.39, 0.29) is 12.1 Å². The average Bonchev–Trinajstić information content (AvgIpc) is 2.12. The van der Waals surface area contributed by atoms with Crippen LogP contribution in [0.15, 0.2) is 0 Å². The van der Waals surface area contributed by atoms with Crippen LogP contribution in [0.5, 0.6) is 0 Å². The van der Waals surface area contributed by atoms with E-state index in [4.69, 9.17) is 10.6 Å². The van der Waals surface area contributed by atoms with Crippen molar-refractivity contribution in [3.05, 3.63) is 0 Å². The highest BCUT2D eigenvalue weighted by atomic mass is 16.5. The van der Waals surface area contributed by atoms with Crippen molar-refractivity contribution in [2.75, 3.05) is 26.2 Å². The van der Waals surface area contributed by atoms with Crippen LogP contribution < -0.4 is 5.84 Å². The van der Waals surface area contributed by atoms with E-state index in [1.54, 1.807) is 4.90 Å². The number of rotatable bonds is 4. The first kappa shape index (κ1) is 11.3. The largest absolute Gasteiger partial charge is 0.377 e. The molecule has 5 heteroatoms. The molecule has 0 aromatic rings. The molecule has 1 saturated heterocycles. The Morgan fingerprint density at radius 3 is 2.86 bits per heavy atom. The standard InChI is InChI=1S/C9H19N3O2/c1-8(2)14-7-6-11-4-3-5-12(10)9(11)13/h8H,3-7,10H2,1-2H3. The normalized spacial score (nSPS) is 18.1. The number of nitrogens with two attached hydrogens (primary N) is 1. The fraction of sp³-hybridized carbons (Fsp3) is 0.889. The van der Waals surface area contributed by atoms with E-state index in [0.717, 1.165) is 13.0 Å². The minimum absolute atomic E-state index is 0.0939. The number of ether oxygens (including phenoxy) is 1. The Balaban J connectivity index is 2.25. The average molecular weight is 201 g/mol. The summed E-state index contributed by atoms with van der Waals surface area (Å²) < 4.78 is 5.37. The molecule has 2 amide bonds. The summed E-state index contributed by atoms with van der Waals surface area (Å²) in [4.78, 5) is 13.2. The van der Waals surface area contributed by atoms with E-state index >= 15 is 0 Å². The molecular formula is C9H19N3O2. The molecule has 1 fully saturated rings. The maximum absolute atomic E-state index is 11.5. The van der Waals surface area contributed by atoms with Gasteiger partial charge in [0.1, 0.15) is 0 Å². The van der Waals surface area contributed by atoms with Crippen LogP contribution in [0.1, 0.15) is 20.3 Å². The minimum atomic E-state index is -0.0939. The number of hydrogen-bond acceptors (Lipinski definition) is 3. The van der Waals surface area contributed by atoms with Gasteiger partial charge in [0.15, 0.2) is 0 Å². The molecule has 0 aromatic heterocycles. The van der Waals surface area contributed by atoms with E-state index in [2.05, 4.69) is 0 Å². The van der Waals surface area contributed by atoms with E-state index in [1.807, 2.05) is 13.8 Å². The predicted molar refractivity (Wildman–Crippen MR) is 53.6 cm³/mol. The van der Waals surface area contributed by atoms with Crippen molar-refractivity contribution in [1.29, 1.82) is 0 Å². The third-order valence-corrected chi connectivity index (χ3v) is 2.16. The maximum atomic E-state index is 11.5. The Bertz CT molecular complexity index is 196. The highest BCUT2D eigenvalue weighted by Crippen LogP contribution is 2.04. The second-order valence-electron chi connectivity index (χ2n) is 3.74. The summed E-state index contributed by atoms with van der Waals surface area (Å²) >= 11 is 0. The number of urea groups is 1. The van der Waals surface area contributed by atoms with Crippen LogP contribution in [0.4, 0.5) is 4.79 Å². The van der Waals surface area contributed by atoms with Crippen molar-refractivity contribution in [3.8, 4) is 0 Å². The van der Waals surface area contributed by atoms with Gasteiger partial charge in [-0.1, -0.05) is 0 Å². The molecule has 1 heterocycles. The number of carbonyl (C=O) groups is 1. The van der Waals surface area contributed by atoms with E-state index in [0.29, 0.717) is 19.7 Å². The van der Waals surface area contributed by atoms with Gasteiger partial charge in [-0.2, -0.15) is 0 Å². The fourth-order valence-corrected chi connectivity index (χ4v) is 1.41. The summed E-state index contributed by atoms with van der Waals surface area (Å²) in [6.45, 7) is 6.61. The van der Waals surface area contributed by atoms with Crippen molar-refractivity contribution < 1.29 is 9.53 Å². The van der Waals surface area contributed by atoms with Gasteiger partial charge in [-0.05, 0) is 20.3 Å². The molecule has 0 spiro atoms. The second-order valence-corrected chi connectivity index (χ2v) is 3.74. The summed E-state index contributed by atoms with van der Waals surface area (Å²) in [5.41, 5.74) is 0. The molecule has 0 atom stereocenters. The second kappa shape index (κ2) is 5.17. The quantitative estimate of drug-likeness (QED) is 0.529. The van der Waals surface area contributed by atoms with Gasteiger partial charge in [0.05, 0.1) is 12.7 Å². The third kappa shape index (κ3) is 3.16. The van der Waals surface area contributed by atoms with Crippen molar-refractivity contribution >= 4 is 6.03 Å². The Hall–Kier alpha value is -0.810. The summed E-state index contributed by atoms with van der Waals surface area (Å²) in [6.07, 6.45) is 1.15. The molecule has 82 valence electrons. The summed E-state index contributed by atoms with van der Waals surface area (Å²) in [5.74, 6) is 5.50. The van der Waals surface area contributed by atoms with Gasteiger partial charge in [0.2, 0.25) is 0 Å². The highest BCUT2D eigenvalue weighted by Gasteiger charge is 2.22. The Morgan fingerprint density at radius 1 is 1.50 bits per heavy atom. The topological polar surface area (TPSA) is 58.8 Å². The molecule has 0 aromatic carbocycles. The number of hydrogen-bond donors (Lipinski definition) is 1. The zero-order valence-electron chi connectivity index (χ0n) is 8.90. The van der Waals surface area contributed by atoms with Crippen LogP contribution in [0.25, 0.3) is 0 Å². The first-order chi connectivity index (χ1) is 6.61. The van der Waals surface area contributed by atoms with Crippen molar-refractivity contribution in [2.45, 2.75) is 26.4 Å². The van der Waals surface area contributed by atoms with Crippen molar-refractivity contribution in [1.82, 2.24) is 9.91 Å². The Morgan fingerprint density at radius 2 is 2.21 bits per heavy atom. The van der Waals surface area contributed by atoms with E-state index < -0.39 is 0 Å². The fourth-order valence-electron chi connectivity index (χ4n) is 1.41. The molecule has 0 unspecified atom stereocenters. The molecule has 1 aliphatic heterocycles. The Labute approximate surface area is 84.8 Å². The number of nitrogens with zero attached hydrogens (tertiary/aromatic N) is 2. The van der Waals surface area contributed by atoms with Crippen LogP contribution in [-0.2, 0) is 4.74 Å². The van der Waals surface area contributed by atoms with Gasteiger partial charge in [0.25, 0.3) is 0 Å². The third-order valence-electron chi connectivity index (χ3n) is 2.16. The van der Waals surface area contributed by atoms with Gasteiger partial charge in [0, 0.05) is 19.6 Å². The van der Waals surface area contributed by atoms with Gasteiger partial charge < -0.3 is 9.64 Å². The first-order valence-electron chi connectivity index (χ1n) is 5.04. The lowest BCUT2D eigenvalue weighted by molar-refractivity contribution is 0.0540. The smallest absolute Gasteiger partial charge is 0.334 e. The van der Waals surface area contributed by atoms with Crippen molar-refractivity contribution in [3.63, 3.8) is 0 Å². The van der Waals surface area contributed by atoms with Crippen LogP contribution in [0.3, 0.4) is 0 Å². The maximum Gasteiger partial charge on any atom is 0.334 e. The van der Waals surface area contributed by atoms with Gasteiger partial charge >= 0.3 is 6.03 Å². The molecular weight excluding hydrogens is 182 g/mol. The molecule has 0 radical (unpaired) electrons. The molecule has 0 aliphatic carbocycles. The summed E-state index contributed by atoms with van der Waals surface area (Å²) in [5, 5.41) is 1.26. The van der Waals surface area contributed by atoms with E-state index in [1.165, 1.54) is 5.01 Å². The summed E-state index contributed by atoms with van der Waals surface area (Å²) in [6, 6.07) is -0.0939. The van der Waals surface area contributed by atoms with Crippen LogP contribution in [-0.4, -0.2) is 48.3 Å². The first-order valence-corrected chi connectivity index (χ1v) is 5.04. The number of amides is 2. The molecule has 14 heavy (non-hydrogen) atoms. The van der Waals surface area contributed by atoms with Crippen LogP contribution in [0, 0.1) is 0 Å². The zero-order chi connectivity index (χ0) is 10.6. The molecule has 2 N–H and O–H groups in total. The lowest BCUT2D eigenvalue weighted by Crippen LogP contribution is -2.53. The highest BCUT2D eigenvalue weighted by molar-refractivity contribution is 5.74. The minimum Gasteiger partial charge on any atom is -0.377 e. The molecule has 1 aliphatic rings.